The quantitative estimate of drug-likeness (QED) is 0.807. The summed E-state index contributed by atoms with van der Waals surface area (Å²) in [6, 6.07) is 6.27. The average Bonchev–Trinajstić information content (AvgIpc) is 2.64. The molecule has 1 aromatic carbocycles. The van der Waals surface area contributed by atoms with Gasteiger partial charge in [-0.1, -0.05) is 12.1 Å². The maximum absolute atomic E-state index is 5.60. The van der Waals surface area contributed by atoms with Gasteiger partial charge in [0.2, 0.25) is 0 Å². The monoisotopic (exact) mass is 201 g/mol. The fourth-order valence-corrected chi connectivity index (χ4v) is 1.75. The van der Waals surface area contributed by atoms with Crippen molar-refractivity contribution < 1.29 is 0 Å². The molecule has 0 saturated heterocycles. The number of benzene rings is 1. The Balaban J connectivity index is 2.50. The summed E-state index contributed by atoms with van der Waals surface area (Å²) in [5.41, 5.74) is 9.15. The lowest BCUT2D eigenvalue weighted by molar-refractivity contribution is 0.958. The molecule has 0 bridgehead atoms. The number of hydrogen-bond donors (Lipinski definition) is 1. The third kappa shape index (κ3) is 1.78. The van der Waals surface area contributed by atoms with Gasteiger partial charge < -0.3 is 10.3 Å². The van der Waals surface area contributed by atoms with Crippen LogP contribution in [0.1, 0.15) is 17.0 Å². The Morgan fingerprint density at radius 2 is 2.13 bits per heavy atom. The van der Waals surface area contributed by atoms with Crippen molar-refractivity contribution >= 4 is 0 Å². The zero-order valence-corrected chi connectivity index (χ0v) is 9.07. The van der Waals surface area contributed by atoms with Gasteiger partial charge in [-0.2, -0.15) is 0 Å². The molecule has 2 aromatic rings. The van der Waals surface area contributed by atoms with Crippen molar-refractivity contribution in [2.24, 2.45) is 5.73 Å². The van der Waals surface area contributed by atoms with Crippen LogP contribution in [-0.4, -0.2) is 9.55 Å². The van der Waals surface area contributed by atoms with E-state index in [0.29, 0.717) is 6.54 Å². The Hall–Kier alpha value is -1.61. The maximum Gasteiger partial charge on any atom is 0.110 e. The Morgan fingerprint density at radius 3 is 2.67 bits per heavy atom. The van der Waals surface area contributed by atoms with Gasteiger partial charge in [0.25, 0.3) is 0 Å². The van der Waals surface area contributed by atoms with E-state index in [2.05, 4.69) is 34.7 Å². The molecule has 0 amide bonds. The minimum Gasteiger partial charge on any atom is -0.326 e. The van der Waals surface area contributed by atoms with Gasteiger partial charge in [-0.15, -0.1) is 0 Å². The van der Waals surface area contributed by atoms with E-state index in [1.807, 2.05) is 19.3 Å². The highest BCUT2D eigenvalue weighted by Gasteiger charge is 2.03. The van der Waals surface area contributed by atoms with Crippen LogP contribution in [0.3, 0.4) is 0 Å². The smallest absolute Gasteiger partial charge is 0.110 e. The molecular weight excluding hydrogens is 186 g/mol. The van der Waals surface area contributed by atoms with Gasteiger partial charge in [-0.05, 0) is 31.0 Å². The first-order valence-corrected chi connectivity index (χ1v) is 5.02. The van der Waals surface area contributed by atoms with E-state index in [0.717, 1.165) is 11.4 Å². The molecule has 1 heterocycles. The number of rotatable bonds is 2. The average molecular weight is 201 g/mol. The third-order valence-corrected chi connectivity index (χ3v) is 2.58. The number of nitrogens with two attached hydrogens (primary N) is 1. The van der Waals surface area contributed by atoms with Gasteiger partial charge in [0, 0.05) is 24.6 Å². The van der Waals surface area contributed by atoms with E-state index in [-0.39, 0.29) is 0 Å². The highest BCUT2D eigenvalue weighted by Crippen LogP contribution is 2.16. The highest BCUT2D eigenvalue weighted by atomic mass is 15.1. The maximum atomic E-state index is 5.60. The molecule has 0 aliphatic heterocycles. The van der Waals surface area contributed by atoms with E-state index in [1.165, 1.54) is 11.3 Å². The Labute approximate surface area is 89.6 Å². The van der Waals surface area contributed by atoms with Crippen LogP contribution in [0.5, 0.6) is 0 Å². The fraction of sp³-hybridized carbons (Fsp3) is 0.250. The van der Waals surface area contributed by atoms with Gasteiger partial charge in [0.1, 0.15) is 5.82 Å². The third-order valence-electron chi connectivity index (χ3n) is 2.58. The second-order valence-electron chi connectivity index (χ2n) is 3.67. The van der Waals surface area contributed by atoms with Crippen molar-refractivity contribution in [2.75, 3.05) is 0 Å². The van der Waals surface area contributed by atoms with Gasteiger partial charge in [0.15, 0.2) is 0 Å². The van der Waals surface area contributed by atoms with Crippen molar-refractivity contribution in [3.8, 4) is 5.69 Å². The van der Waals surface area contributed by atoms with Crippen LogP contribution in [0, 0.1) is 13.8 Å². The molecule has 3 heteroatoms. The molecular formula is C12H15N3. The summed E-state index contributed by atoms with van der Waals surface area (Å²) in [5.74, 6) is 0.999. The molecule has 0 aliphatic rings. The summed E-state index contributed by atoms with van der Waals surface area (Å²) in [4.78, 5) is 4.21. The van der Waals surface area contributed by atoms with Crippen LogP contribution in [0.25, 0.3) is 5.69 Å². The van der Waals surface area contributed by atoms with Crippen LogP contribution >= 0.6 is 0 Å². The van der Waals surface area contributed by atoms with Gasteiger partial charge in [0.05, 0.1) is 0 Å². The van der Waals surface area contributed by atoms with Gasteiger partial charge in [-0.25, -0.2) is 4.98 Å². The zero-order chi connectivity index (χ0) is 10.8. The number of aryl methyl sites for hydroxylation is 2. The van der Waals surface area contributed by atoms with Crippen molar-refractivity contribution in [1.82, 2.24) is 9.55 Å². The second kappa shape index (κ2) is 3.87. The van der Waals surface area contributed by atoms with Crippen molar-refractivity contribution in [3.05, 3.63) is 47.5 Å². The largest absolute Gasteiger partial charge is 0.326 e. The summed E-state index contributed by atoms with van der Waals surface area (Å²) >= 11 is 0. The predicted molar refractivity (Wildman–Crippen MR) is 60.9 cm³/mol. The lowest BCUT2D eigenvalue weighted by Crippen LogP contribution is -2.01. The molecule has 0 atom stereocenters. The highest BCUT2D eigenvalue weighted by molar-refractivity contribution is 5.43. The molecule has 0 radical (unpaired) electrons. The van der Waals surface area contributed by atoms with Gasteiger partial charge in [-0.3, -0.25) is 0 Å². The molecule has 15 heavy (non-hydrogen) atoms. The first kappa shape index (κ1) is 9.93. The molecule has 0 spiro atoms. The molecule has 0 saturated carbocycles. The van der Waals surface area contributed by atoms with Crippen molar-refractivity contribution in [3.63, 3.8) is 0 Å². The van der Waals surface area contributed by atoms with Crippen LogP contribution in [-0.2, 0) is 6.54 Å². The van der Waals surface area contributed by atoms with Crippen molar-refractivity contribution in [2.45, 2.75) is 20.4 Å². The van der Waals surface area contributed by atoms with E-state index < -0.39 is 0 Å². The second-order valence-corrected chi connectivity index (χ2v) is 3.67. The summed E-state index contributed by atoms with van der Waals surface area (Å²) in [6.45, 7) is 4.67. The number of aromatic nitrogens is 2. The van der Waals surface area contributed by atoms with Crippen LogP contribution < -0.4 is 5.73 Å². The molecule has 2 N–H and O–H groups in total. The van der Waals surface area contributed by atoms with E-state index in [1.54, 1.807) is 0 Å². The number of imidazole rings is 1. The predicted octanol–water partition coefficient (Wildman–Crippen LogP) is 1.95. The molecule has 1 aromatic heterocycles. The molecule has 3 nitrogen and oxygen atoms in total. The molecule has 0 aliphatic carbocycles. The molecule has 0 fully saturated rings. The van der Waals surface area contributed by atoms with E-state index in [4.69, 9.17) is 5.73 Å². The van der Waals surface area contributed by atoms with Crippen molar-refractivity contribution in [1.29, 1.82) is 0 Å². The van der Waals surface area contributed by atoms with Crippen LogP contribution in [0.2, 0.25) is 0 Å². The normalized spacial score (nSPS) is 10.6. The molecule has 2 rings (SSSR count). The first-order valence-electron chi connectivity index (χ1n) is 5.02. The van der Waals surface area contributed by atoms with Crippen LogP contribution in [0.15, 0.2) is 30.6 Å². The SMILES string of the molecule is Cc1cc(CN)ccc1-n1ccnc1C. The Morgan fingerprint density at radius 1 is 1.33 bits per heavy atom. The lowest BCUT2D eigenvalue weighted by atomic mass is 10.1. The minimum absolute atomic E-state index is 0.587. The fourth-order valence-electron chi connectivity index (χ4n) is 1.75. The Bertz CT molecular complexity index is 471. The topological polar surface area (TPSA) is 43.8 Å². The number of nitrogens with zero attached hydrogens (tertiary/aromatic N) is 2. The summed E-state index contributed by atoms with van der Waals surface area (Å²) in [7, 11) is 0. The van der Waals surface area contributed by atoms with E-state index in [9.17, 15) is 0 Å². The summed E-state index contributed by atoms with van der Waals surface area (Å²) < 4.78 is 2.08. The molecule has 0 unspecified atom stereocenters. The summed E-state index contributed by atoms with van der Waals surface area (Å²) in [5, 5.41) is 0. The standard InChI is InChI=1S/C12H15N3/c1-9-7-11(8-13)3-4-12(9)15-6-5-14-10(15)2/h3-7H,8,13H2,1-2H3. The van der Waals surface area contributed by atoms with Gasteiger partial charge >= 0.3 is 0 Å². The minimum atomic E-state index is 0.587. The number of hydrogen-bond acceptors (Lipinski definition) is 2. The Kier molecular flexibility index (Phi) is 2.56. The van der Waals surface area contributed by atoms with Crippen LogP contribution in [0.4, 0.5) is 0 Å². The zero-order valence-electron chi connectivity index (χ0n) is 9.07. The lowest BCUT2D eigenvalue weighted by Gasteiger charge is -2.10. The molecule has 78 valence electrons. The summed E-state index contributed by atoms with van der Waals surface area (Å²) in [6.07, 6.45) is 3.78. The van der Waals surface area contributed by atoms with E-state index >= 15 is 0 Å². The first-order chi connectivity index (χ1) is 7.22.